The molecular formula is C36H54O7Si2. The molecule has 7 nitrogen and oxygen atoms in total. The minimum Gasteiger partial charge on any atom is -0.489 e. The molecule has 0 spiro atoms. The minimum absolute atomic E-state index is 0.115. The second-order valence-electron chi connectivity index (χ2n) is 16.9. The largest absolute Gasteiger partial charge is 0.489 e. The third-order valence-electron chi connectivity index (χ3n) is 11.1. The van der Waals surface area contributed by atoms with Gasteiger partial charge in [0.15, 0.2) is 33.8 Å². The number of hydrogen-bond acceptors (Lipinski definition) is 7. The number of Topliss-reactive ketones (excluding diaryl/α,β-unsaturated/α-hetero) is 1. The summed E-state index contributed by atoms with van der Waals surface area (Å²) in [4.78, 5) is 14.6. The highest BCUT2D eigenvalue weighted by molar-refractivity contribution is 6.74. The second kappa shape index (κ2) is 10.8. The molecule has 45 heavy (non-hydrogen) atoms. The van der Waals surface area contributed by atoms with Gasteiger partial charge in [-0.05, 0) is 68.7 Å². The molecule has 1 aliphatic heterocycles. The summed E-state index contributed by atoms with van der Waals surface area (Å²) in [6.45, 7) is 28.0. The van der Waals surface area contributed by atoms with E-state index in [0.717, 1.165) is 5.56 Å². The summed E-state index contributed by atoms with van der Waals surface area (Å²) >= 11 is 0. The molecule has 1 saturated heterocycles. The van der Waals surface area contributed by atoms with E-state index >= 15 is 0 Å². The average Bonchev–Trinajstić information content (AvgIpc) is 3.31. The van der Waals surface area contributed by atoms with Gasteiger partial charge in [0.25, 0.3) is 0 Å². The van der Waals surface area contributed by atoms with Gasteiger partial charge in [-0.2, -0.15) is 0 Å². The maximum absolute atomic E-state index is 14.6. The summed E-state index contributed by atoms with van der Waals surface area (Å²) in [5, 5.41) is 12.7. The maximum Gasteiger partial charge on any atom is 0.198 e. The van der Waals surface area contributed by atoms with Gasteiger partial charge in [-0.3, -0.25) is 4.79 Å². The van der Waals surface area contributed by atoms with Crippen LogP contribution in [-0.4, -0.2) is 62.8 Å². The van der Waals surface area contributed by atoms with Crippen LogP contribution in [0.15, 0.2) is 48.5 Å². The molecule has 3 aliphatic rings. The summed E-state index contributed by atoms with van der Waals surface area (Å²) < 4.78 is 34.6. The van der Waals surface area contributed by atoms with Crippen LogP contribution < -0.4 is 4.74 Å². The Hall–Kier alpha value is -1.86. The first-order valence-electron chi connectivity index (χ1n) is 16.3. The van der Waals surface area contributed by atoms with Gasteiger partial charge < -0.3 is 28.2 Å². The lowest BCUT2D eigenvalue weighted by atomic mass is 9.64. The molecule has 2 aromatic carbocycles. The quantitative estimate of drug-likeness (QED) is 0.303. The Balaban J connectivity index is 1.75. The van der Waals surface area contributed by atoms with Gasteiger partial charge in [0, 0.05) is 11.1 Å². The molecule has 5 rings (SSSR count). The Morgan fingerprint density at radius 2 is 1.42 bits per heavy atom. The van der Waals surface area contributed by atoms with Crippen molar-refractivity contribution < 1.29 is 33.0 Å². The number of aliphatic hydroxyl groups is 1. The second-order valence-corrected chi connectivity index (χ2v) is 26.5. The van der Waals surface area contributed by atoms with Crippen molar-refractivity contribution in [1.82, 2.24) is 0 Å². The standard InChI is InChI=1S/C36H54O7Si2/c1-32(2,3)44(10,11)41-28-27-26-24(20-17-21-25(26)39-22-23-18-15-14-16-19-23)29(37)36(27,38)31-35(9,43-34(7,8)40-31)30(28)42-45(12,13)33(4,5)6/h14-21,27-28,30-31,38H,22H2,1-13H3/t27-,28-,30+,31-,35-,36-/m0/s1. The number of carbonyl (C=O) groups is 1. The van der Waals surface area contributed by atoms with E-state index in [1.165, 1.54) is 0 Å². The highest BCUT2D eigenvalue weighted by atomic mass is 28.4. The summed E-state index contributed by atoms with van der Waals surface area (Å²) in [7, 11) is -4.97. The van der Waals surface area contributed by atoms with E-state index in [4.69, 9.17) is 23.1 Å². The normalized spacial score (nSPS) is 31.4. The van der Waals surface area contributed by atoms with Crippen LogP contribution in [0, 0.1) is 0 Å². The van der Waals surface area contributed by atoms with Gasteiger partial charge >= 0.3 is 0 Å². The first-order chi connectivity index (χ1) is 20.5. The van der Waals surface area contributed by atoms with Crippen LogP contribution in [0.2, 0.25) is 36.3 Å². The molecule has 0 unspecified atom stereocenters. The zero-order valence-corrected chi connectivity index (χ0v) is 31.5. The molecule has 2 aliphatic carbocycles. The van der Waals surface area contributed by atoms with Crippen LogP contribution in [0.1, 0.15) is 89.7 Å². The van der Waals surface area contributed by atoms with Gasteiger partial charge in [-0.15, -0.1) is 0 Å². The smallest absolute Gasteiger partial charge is 0.198 e. The van der Waals surface area contributed by atoms with E-state index in [2.05, 4.69) is 67.7 Å². The molecule has 248 valence electrons. The van der Waals surface area contributed by atoms with Crippen molar-refractivity contribution >= 4 is 22.4 Å². The predicted octanol–water partition coefficient (Wildman–Crippen LogP) is 7.98. The number of benzene rings is 2. The van der Waals surface area contributed by atoms with Crippen LogP contribution in [0.4, 0.5) is 0 Å². The zero-order chi connectivity index (χ0) is 33.6. The number of ketones is 1. The highest BCUT2D eigenvalue weighted by Crippen LogP contribution is 2.62. The molecule has 6 atom stereocenters. The van der Waals surface area contributed by atoms with Crippen molar-refractivity contribution in [2.24, 2.45) is 0 Å². The zero-order valence-electron chi connectivity index (χ0n) is 29.5. The lowest BCUT2D eigenvalue weighted by Crippen LogP contribution is -2.75. The minimum atomic E-state index is -2.52. The summed E-state index contributed by atoms with van der Waals surface area (Å²) in [6.07, 6.45) is -2.35. The van der Waals surface area contributed by atoms with E-state index in [1.54, 1.807) is 6.07 Å². The van der Waals surface area contributed by atoms with Crippen LogP contribution >= 0.6 is 0 Å². The van der Waals surface area contributed by atoms with Gasteiger partial charge in [0.05, 0.1) is 12.0 Å². The van der Waals surface area contributed by atoms with Crippen molar-refractivity contribution in [1.29, 1.82) is 0 Å². The summed E-state index contributed by atoms with van der Waals surface area (Å²) in [6, 6.07) is 15.4. The Labute approximate surface area is 272 Å². The molecule has 0 bridgehead atoms. The fraction of sp³-hybridized carbons (Fsp3) is 0.639. The van der Waals surface area contributed by atoms with Crippen molar-refractivity contribution in [2.75, 3.05) is 0 Å². The van der Waals surface area contributed by atoms with Crippen LogP contribution in [0.25, 0.3) is 0 Å². The molecule has 1 heterocycles. The Bertz CT molecular complexity index is 1440. The van der Waals surface area contributed by atoms with Crippen molar-refractivity contribution in [2.45, 2.75) is 146 Å². The van der Waals surface area contributed by atoms with Gasteiger partial charge in [0.1, 0.15) is 30.2 Å². The number of rotatable bonds is 7. The maximum atomic E-state index is 14.6. The van der Waals surface area contributed by atoms with Gasteiger partial charge in [-0.25, -0.2) is 0 Å². The summed E-state index contributed by atoms with van der Waals surface area (Å²) in [5.74, 6) is -1.70. The summed E-state index contributed by atoms with van der Waals surface area (Å²) in [5.41, 5.74) is -1.05. The van der Waals surface area contributed by atoms with E-state index in [0.29, 0.717) is 23.5 Å². The van der Waals surface area contributed by atoms with E-state index in [1.807, 2.05) is 63.2 Å². The molecule has 1 saturated carbocycles. The Kier molecular flexibility index (Phi) is 8.30. The molecule has 9 heteroatoms. The van der Waals surface area contributed by atoms with Crippen LogP contribution in [-0.2, 0) is 24.9 Å². The van der Waals surface area contributed by atoms with Crippen LogP contribution in [0.5, 0.6) is 5.75 Å². The van der Waals surface area contributed by atoms with Crippen molar-refractivity contribution in [3.63, 3.8) is 0 Å². The molecule has 1 N–H and O–H groups in total. The molecule has 2 aromatic rings. The van der Waals surface area contributed by atoms with E-state index in [9.17, 15) is 9.90 Å². The average molecular weight is 655 g/mol. The molecule has 2 fully saturated rings. The molecule has 0 amide bonds. The Morgan fingerprint density at radius 1 is 0.844 bits per heavy atom. The van der Waals surface area contributed by atoms with E-state index < -0.39 is 57.9 Å². The number of carbonyl (C=O) groups excluding carboxylic acids is 1. The lowest BCUT2D eigenvalue weighted by Gasteiger charge is -2.57. The highest BCUT2D eigenvalue weighted by Gasteiger charge is 2.77. The third kappa shape index (κ3) is 5.60. The van der Waals surface area contributed by atoms with Crippen molar-refractivity contribution in [3.8, 4) is 5.75 Å². The van der Waals surface area contributed by atoms with Crippen LogP contribution in [0.3, 0.4) is 0 Å². The topological polar surface area (TPSA) is 83.5 Å². The van der Waals surface area contributed by atoms with Gasteiger partial charge in [-0.1, -0.05) is 84.0 Å². The lowest BCUT2D eigenvalue weighted by molar-refractivity contribution is -0.206. The molecule has 0 radical (unpaired) electrons. The monoisotopic (exact) mass is 654 g/mol. The molecular weight excluding hydrogens is 601 g/mol. The van der Waals surface area contributed by atoms with E-state index in [-0.39, 0.29) is 15.9 Å². The third-order valence-corrected chi connectivity index (χ3v) is 20.1. The fourth-order valence-corrected chi connectivity index (χ4v) is 9.42. The van der Waals surface area contributed by atoms with Crippen molar-refractivity contribution in [3.05, 3.63) is 65.2 Å². The first kappa shape index (κ1) is 34.5. The van der Waals surface area contributed by atoms with Gasteiger partial charge in [0.2, 0.25) is 0 Å². The molecule has 0 aromatic heterocycles. The number of hydrogen-bond donors (Lipinski definition) is 1. The predicted molar refractivity (Wildman–Crippen MR) is 182 cm³/mol. The SMILES string of the molecule is CC1(C)O[C@H]2[C@@](C)(O1)[C@H](O[Si](C)(C)C(C)(C)C)[C@@H](O[Si](C)(C)C(C)(C)C)[C@@H]1c3c(OCc4ccccc4)cccc3C(=O)[C@@]12O. The Morgan fingerprint density at radius 3 is 2.00 bits per heavy atom. The number of ether oxygens (including phenoxy) is 3. The first-order valence-corrected chi connectivity index (χ1v) is 22.1. The number of fused-ring (bicyclic) bond motifs is 5. The fourth-order valence-electron chi connectivity index (χ4n) is 6.77.